The summed E-state index contributed by atoms with van der Waals surface area (Å²) in [6.45, 7) is 0. The first-order chi connectivity index (χ1) is 9.25. The third-order valence-corrected chi connectivity index (χ3v) is 4.21. The predicted octanol–water partition coefficient (Wildman–Crippen LogP) is 4.20. The van der Waals surface area contributed by atoms with E-state index in [-0.39, 0.29) is 10.6 Å². The highest BCUT2D eigenvalue weighted by atomic mass is 16.6. The van der Waals surface area contributed by atoms with Crippen molar-refractivity contribution in [3.8, 4) is 0 Å². The van der Waals surface area contributed by atoms with E-state index < -0.39 is 0 Å². The maximum Gasteiger partial charge on any atom is 0.293 e. The molecule has 0 unspecified atom stereocenters. The molecule has 0 saturated heterocycles. The molecule has 1 aromatic carbocycles. The Kier molecular flexibility index (Phi) is 3.23. The Labute approximate surface area is 112 Å². The average molecular weight is 258 g/mol. The number of rotatable bonds is 3. The van der Waals surface area contributed by atoms with Gasteiger partial charge in [0.25, 0.3) is 5.69 Å². The highest BCUT2D eigenvalue weighted by molar-refractivity contribution is 5.90. The molecule has 1 aliphatic rings. The smallest absolute Gasteiger partial charge is 0.293 e. The largest absolute Gasteiger partial charge is 0.355 e. The lowest BCUT2D eigenvalue weighted by molar-refractivity contribution is -0.383. The van der Waals surface area contributed by atoms with E-state index >= 15 is 0 Å². The van der Waals surface area contributed by atoms with Gasteiger partial charge < -0.3 is 4.98 Å². The second-order valence-electron chi connectivity index (χ2n) is 5.48. The van der Waals surface area contributed by atoms with E-state index in [4.69, 9.17) is 0 Å². The Bertz CT molecular complexity index is 597. The normalized spacial score (nSPS) is 16.8. The number of aromatic amines is 1. The first-order valence-corrected chi connectivity index (χ1v) is 6.99. The summed E-state index contributed by atoms with van der Waals surface area (Å²) < 4.78 is 0. The number of nitrogens with zero attached hydrogens (tertiary/aromatic N) is 1. The molecule has 0 bridgehead atoms. The van der Waals surface area contributed by atoms with E-state index in [2.05, 4.69) is 4.98 Å². The van der Waals surface area contributed by atoms with Gasteiger partial charge in [0.15, 0.2) is 0 Å². The van der Waals surface area contributed by atoms with Gasteiger partial charge in [0, 0.05) is 17.6 Å². The molecule has 100 valence electrons. The molecule has 19 heavy (non-hydrogen) atoms. The van der Waals surface area contributed by atoms with Gasteiger partial charge in [-0.15, -0.1) is 0 Å². The number of nitro groups is 1. The van der Waals surface area contributed by atoms with Gasteiger partial charge in [0.05, 0.1) is 4.92 Å². The topological polar surface area (TPSA) is 58.9 Å². The van der Waals surface area contributed by atoms with Gasteiger partial charge in [0.1, 0.15) is 5.52 Å². The molecular weight excluding hydrogens is 240 g/mol. The van der Waals surface area contributed by atoms with Crippen molar-refractivity contribution < 1.29 is 4.92 Å². The summed E-state index contributed by atoms with van der Waals surface area (Å²) in [5, 5.41) is 12.0. The number of hydrogen-bond acceptors (Lipinski definition) is 2. The lowest BCUT2D eigenvalue weighted by Crippen LogP contribution is -2.08. The van der Waals surface area contributed by atoms with E-state index in [0.29, 0.717) is 5.52 Å². The van der Waals surface area contributed by atoms with Crippen molar-refractivity contribution in [1.82, 2.24) is 4.98 Å². The molecule has 1 N–H and O–H groups in total. The van der Waals surface area contributed by atoms with Crippen LogP contribution < -0.4 is 0 Å². The molecule has 0 radical (unpaired) electrons. The zero-order valence-electron chi connectivity index (χ0n) is 10.9. The number of hydrogen-bond donors (Lipinski definition) is 1. The molecule has 4 nitrogen and oxygen atoms in total. The minimum absolute atomic E-state index is 0.174. The molecular formula is C15H18N2O2. The average Bonchev–Trinajstić information content (AvgIpc) is 2.83. The van der Waals surface area contributed by atoms with Crippen LogP contribution in [0.4, 0.5) is 5.69 Å². The maximum atomic E-state index is 11.0. The Morgan fingerprint density at radius 3 is 2.79 bits per heavy atom. The van der Waals surface area contributed by atoms with Gasteiger partial charge in [-0.1, -0.05) is 44.2 Å². The van der Waals surface area contributed by atoms with Gasteiger partial charge in [-0.25, -0.2) is 0 Å². The molecule has 1 aromatic heterocycles. The minimum Gasteiger partial charge on any atom is -0.355 e. The SMILES string of the molecule is O=[N+]([O-])c1cccc2c(CC3CCCCC3)c[nH]c12. The number of para-hydroxylation sites is 1. The Morgan fingerprint density at radius 2 is 2.05 bits per heavy atom. The summed E-state index contributed by atoms with van der Waals surface area (Å²) in [5.41, 5.74) is 2.07. The van der Waals surface area contributed by atoms with Crippen molar-refractivity contribution in [2.24, 2.45) is 5.92 Å². The third-order valence-electron chi connectivity index (χ3n) is 4.21. The van der Waals surface area contributed by atoms with Crippen LogP contribution in [0.5, 0.6) is 0 Å². The summed E-state index contributed by atoms with van der Waals surface area (Å²) in [7, 11) is 0. The number of benzene rings is 1. The molecule has 0 atom stereocenters. The van der Waals surface area contributed by atoms with Gasteiger partial charge in [0.2, 0.25) is 0 Å². The Balaban J connectivity index is 1.92. The second kappa shape index (κ2) is 5.03. The molecule has 0 amide bonds. The number of nitro benzene ring substituents is 1. The summed E-state index contributed by atoms with van der Waals surface area (Å²) in [4.78, 5) is 13.8. The third kappa shape index (κ3) is 2.35. The van der Waals surface area contributed by atoms with Crippen LogP contribution in [-0.2, 0) is 6.42 Å². The van der Waals surface area contributed by atoms with E-state index in [1.807, 2.05) is 12.3 Å². The van der Waals surface area contributed by atoms with Crippen LogP contribution in [0.2, 0.25) is 0 Å². The number of fused-ring (bicyclic) bond motifs is 1. The Morgan fingerprint density at radius 1 is 1.26 bits per heavy atom. The fourth-order valence-corrected chi connectivity index (χ4v) is 3.22. The number of aromatic nitrogens is 1. The first-order valence-electron chi connectivity index (χ1n) is 6.99. The van der Waals surface area contributed by atoms with Gasteiger partial charge in [-0.3, -0.25) is 10.1 Å². The van der Waals surface area contributed by atoms with Crippen LogP contribution in [0.3, 0.4) is 0 Å². The summed E-state index contributed by atoms with van der Waals surface area (Å²) in [6.07, 6.45) is 9.59. The van der Waals surface area contributed by atoms with Crippen molar-refractivity contribution in [1.29, 1.82) is 0 Å². The Hall–Kier alpha value is -1.84. The van der Waals surface area contributed by atoms with Gasteiger partial charge in [-0.2, -0.15) is 0 Å². The van der Waals surface area contributed by atoms with Gasteiger partial charge >= 0.3 is 0 Å². The van der Waals surface area contributed by atoms with Crippen molar-refractivity contribution in [3.05, 3.63) is 40.1 Å². The van der Waals surface area contributed by atoms with Crippen LogP contribution in [0, 0.1) is 16.0 Å². The predicted molar refractivity (Wildman–Crippen MR) is 75.2 cm³/mol. The molecule has 1 heterocycles. The fraction of sp³-hybridized carbons (Fsp3) is 0.467. The monoisotopic (exact) mass is 258 g/mol. The number of H-pyrrole nitrogens is 1. The molecule has 4 heteroatoms. The maximum absolute atomic E-state index is 11.0. The minimum atomic E-state index is -0.316. The van der Waals surface area contributed by atoms with Crippen molar-refractivity contribution in [2.75, 3.05) is 0 Å². The van der Waals surface area contributed by atoms with Crippen LogP contribution in [0.25, 0.3) is 10.9 Å². The molecule has 1 aliphatic carbocycles. The quantitative estimate of drug-likeness (QED) is 0.662. The van der Waals surface area contributed by atoms with E-state index in [9.17, 15) is 10.1 Å². The van der Waals surface area contributed by atoms with Crippen LogP contribution in [0.15, 0.2) is 24.4 Å². The standard InChI is InChI=1S/C15H18N2O2/c18-17(19)14-8-4-7-13-12(10-16-15(13)14)9-11-5-2-1-3-6-11/h4,7-8,10-11,16H,1-3,5-6,9H2. The lowest BCUT2D eigenvalue weighted by Gasteiger charge is -2.21. The number of nitrogens with one attached hydrogen (secondary N) is 1. The summed E-state index contributed by atoms with van der Waals surface area (Å²) >= 11 is 0. The lowest BCUT2D eigenvalue weighted by atomic mass is 9.85. The van der Waals surface area contributed by atoms with Crippen LogP contribution in [-0.4, -0.2) is 9.91 Å². The van der Waals surface area contributed by atoms with Crippen LogP contribution >= 0.6 is 0 Å². The zero-order valence-corrected chi connectivity index (χ0v) is 10.9. The molecule has 0 aliphatic heterocycles. The molecule has 2 aromatic rings. The molecule has 1 saturated carbocycles. The van der Waals surface area contributed by atoms with Crippen molar-refractivity contribution in [2.45, 2.75) is 38.5 Å². The highest BCUT2D eigenvalue weighted by Crippen LogP contribution is 2.32. The van der Waals surface area contributed by atoms with E-state index in [0.717, 1.165) is 17.7 Å². The molecule has 1 fully saturated rings. The zero-order chi connectivity index (χ0) is 13.2. The summed E-state index contributed by atoms with van der Waals surface area (Å²) in [6, 6.07) is 5.32. The number of non-ortho nitro benzene ring substituents is 1. The van der Waals surface area contributed by atoms with Crippen molar-refractivity contribution in [3.63, 3.8) is 0 Å². The van der Waals surface area contributed by atoms with E-state index in [1.165, 1.54) is 37.7 Å². The van der Waals surface area contributed by atoms with Crippen LogP contribution in [0.1, 0.15) is 37.7 Å². The van der Waals surface area contributed by atoms with E-state index in [1.54, 1.807) is 12.1 Å². The summed E-state index contributed by atoms with van der Waals surface area (Å²) in [5.74, 6) is 0.743. The molecule has 3 rings (SSSR count). The highest BCUT2D eigenvalue weighted by Gasteiger charge is 2.18. The molecule has 0 spiro atoms. The fourth-order valence-electron chi connectivity index (χ4n) is 3.22. The second-order valence-corrected chi connectivity index (χ2v) is 5.48. The van der Waals surface area contributed by atoms with Gasteiger partial charge in [-0.05, 0) is 17.9 Å². The van der Waals surface area contributed by atoms with Crippen molar-refractivity contribution >= 4 is 16.6 Å². The first kappa shape index (κ1) is 12.2.